The molecule has 1 unspecified atom stereocenters. The molecule has 2 rings (SSSR count). The molecule has 0 bridgehead atoms. The van der Waals surface area contributed by atoms with Gasteiger partial charge < -0.3 is 4.90 Å². The standard InChI is InChI=1S/C15H18ClF2NO/c16-10-12-6-2-1-3-8-19(12)14(20)9-11-5-4-7-13(17)15(11)18/h4-5,7,12H,1-3,6,8-10H2. The van der Waals surface area contributed by atoms with E-state index in [9.17, 15) is 13.6 Å². The molecule has 1 amide bonds. The van der Waals surface area contributed by atoms with E-state index in [1.807, 2.05) is 0 Å². The molecular weight excluding hydrogens is 284 g/mol. The van der Waals surface area contributed by atoms with E-state index in [1.165, 1.54) is 12.1 Å². The number of carbonyl (C=O) groups is 1. The average molecular weight is 302 g/mol. The lowest BCUT2D eigenvalue weighted by molar-refractivity contribution is -0.132. The summed E-state index contributed by atoms with van der Waals surface area (Å²) in [5.41, 5.74) is 0.104. The fraction of sp³-hybridized carbons (Fsp3) is 0.533. The Morgan fingerprint density at radius 2 is 2.10 bits per heavy atom. The second-order valence-corrected chi connectivity index (χ2v) is 5.44. The number of carbonyl (C=O) groups excluding carboxylic acids is 1. The lowest BCUT2D eigenvalue weighted by Gasteiger charge is -2.28. The van der Waals surface area contributed by atoms with Crippen LogP contribution in [0.15, 0.2) is 18.2 Å². The first-order valence-electron chi connectivity index (χ1n) is 6.92. The monoisotopic (exact) mass is 301 g/mol. The Labute approximate surface area is 122 Å². The van der Waals surface area contributed by atoms with Gasteiger partial charge in [0, 0.05) is 24.0 Å². The minimum atomic E-state index is -0.932. The molecule has 0 saturated carbocycles. The van der Waals surface area contributed by atoms with Crippen molar-refractivity contribution in [1.29, 1.82) is 0 Å². The minimum absolute atomic E-state index is 0.00304. The number of likely N-dealkylation sites (tertiary alicyclic amines) is 1. The van der Waals surface area contributed by atoms with E-state index < -0.39 is 11.6 Å². The maximum atomic E-state index is 13.6. The lowest BCUT2D eigenvalue weighted by atomic mass is 10.1. The highest BCUT2D eigenvalue weighted by Crippen LogP contribution is 2.20. The van der Waals surface area contributed by atoms with Crippen LogP contribution in [0.4, 0.5) is 8.78 Å². The fourth-order valence-corrected chi connectivity index (χ4v) is 2.94. The average Bonchev–Trinajstić information content (AvgIpc) is 2.69. The molecule has 5 heteroatoms. The predicted molar refractivity (Wildman–Crippen MR) is 74.8 cm³/mol. The number of alkyl halides is 1. The van der Waals surface area contributed by atoms with Crippen molar-refractivity contribution in [2.24, 2.45) is 0 Å². The molecule has 0 radical (unpaired) electrons. The van der Waals surface area contributed by atoms with E-state index in [0.717, 1.165) is 31.7 Å². The Bertz CT molecular complexity index is 481. The zero-order chi connectivity index (χ0) is 14.5. The van der Waals surface area contributed by atoms with Gasteiger partial charge >= 0.3 is 0 Å². The van der Waals surface area contributed by atoms with Gasteiger partial charge in [-0.05, 0) is 18.9 Å². The van der Waals surface area contributed by atoms with Gasteiger partial charge in [-0.25, -0.2) is 8.78 Å². The molecule has 1 fully saturated rings. The molecule has 1 aliphatic heterocycles. The van der Waals surface area contributed by atoms with Gasteiger partial charge in [0.15, 0.2) is 11.6 Å². The van der Waals surface area contributed by atoms with Gasteiger partial charge in [0.05, 0.1) is 6.42 Å². The highest BCUT2D eigenvalue weighted by Gasteiger charge is 2.25. The largest absolute Gasteiger partial charge is 0.338 e. The number of halogens is 3. The van der Waals surface area contributed by atoms with Crippen molar-refractivity contribution in [2.45, 2.75) is 38.1 Å². The number of hydrogen-bond donors (Lipinski definition) is 0. The molecule has 1 aliphatic rings. The van der Waals surface area contributed by atoms with Gasteiger partial charge in [0.2, 0.25) is 5.91 Å². The molecule has 2 nitrogen and oxygen atoms in total. The molecular formula is C15H18ClF2NO. The van der Waals surface area contributed by atoms with E-state index >= 15 is 0 Å². The van der Waals surface area contributed by atoms with Gasteiger partial charge in [-0.1, -0.05) is 25.0 Å². The fourth-order valence-electron chi connectivity index (χ4n) is 2.62. The molecule has 20 heavy (non-hydrogen) atoms. The molecule has 1 saturated heterocycles. The summed E-state index contributed by atoms with van der Waals surface area (Å²) in [6, 6.07) is 3.92. The van der Waals surface area contributed by atoms with Crippen LogP contribution in [0.5, 0.6) is 0 Å². The zero-order valence-corrected chi connectivity index (χ0v) is 12.0. The van der Waals surface area contributed by atoms with Crippen LogP contribution in [0.2, 0.25) is 0 Å². The van der Waals surface area contributed by atoms with Crippen molar-refractivity contribution < 1.29 is 13.6 Å². The molecule has 0 aromatic heterocycles. The van der Waals surface area contributed by atoms with Crippen LogP contribution in [0.1, 0.15) is 31.2 Å². The third kappa shape index (κ3) is 3.48. The van der Waals surface area contributed by atoms with Crippen LogP contribution in [-0.2, 0) is 11.2 Å². The first-order valence-corrected chi connectivity index (χ1v) is 7.45. The number of nitrogens with zero attached hydrogens (tertiary/aromatic N) is 1. The second kappa shape index (κ2) is 7.02. The lowest BCUT2D eigenvalue weighted by Crippen LogP contribution is -2.42. The topological polar surface area (TPSA) is 20.3 Å². The van der Waals surface area contributed by atoms with Gasteiger partial charge in [0.25, 0.3) is 0 Å². The predicted octanol–water partition coefficient (Wildman–Crippen LogP) is 3.52. The molecule has 0 spiro atoms. The van der Waals surface area contributed by atoms with Crippen molar-refractivity contribution in [3.8, 4) is 0 Å². The SMILES string of the molecule is O=C(Cc1cccc(F)c1F)N1CCCCCC1CCl. The van der Waals surface area contributed by atoms with Gasteiger partial charge in [-0.3, -0.25) is 4.79 Å². The Kier molecular flexibility index (Phi) is 5.35. The third-order valence-electron chi connectivity index (χ3n) is 3.75. The number of rotatable bonds is 3. The van der Waals surface area contributed by atoms with Crippen LogP contribution < -0.4 is 0 Å². The summed E-state index contributed by atoms with van der Waals surface area (Å²) in [4.78, 5) is 14.1. The van der Waals surface area contributed by atoms with E-state index in [1.54, 1.807) is 4.90 Å². The van der Waals surface area contributed by atoms with Gasteiger partial charge in [-0.15, -0.1) is 11.6 Å². The van der Waals surface area contributed by atoms with Gasteiger partial charge in [-0.2, -0.15) is 0 Å². The maximum absolute atomic E-state index is 13.6. The van der Waals surface area contributed by atoms with Crippen LogP contribution >= 0.6 is 11.6 Å². The smallest absolute Gasteiger partial charge is 0.227 e. The Balaban J connectivity index is 2.11. The summed E-state index contributed by atoms with van der Waals surface area (Å²) in [7, 11) is 0. The van der Waals surface area contributed by atoms with Crippen molar-refractivity contribution in [2.75, 3.05) is 12.4 Å². The van der Waals surface area contributed by atoms with E-state index in [-0.39, 0.29) is 23.9 Å². The molecule has 1 aromatic carbocycles. The van der Waals surface area contributed by atoms with Crippen molar-refractivity contribution in [1.82, 2.24) is 4.90 Å². The van der Waals surface area contributed by atoms with E-state index in [0.29, 0.717) is 12.4 Å². The Hall–Kier alpha value is -1.16. The molecule has 110 valence electrons. The molecule has 1 heterocycles. The Morgan fingerprint density at radius 3 is 2.85 bits per heavy atom. The maximum Gasteiger partial charge on any atom is 0.227 e. The van der Waals surface area contributed by atoms with Crippen molar-refractivity contribution >= 4 is 17.5 Å². The summed E-state index contributed by atoms with van der Waals surface area (Å²) in [5.74, 6) is -1.64. The molecule has 0 aliphatic carbocycles. The quantitative estimate of drug-likeness (QED) is 0.782. The summed E-state index contributed by atoms with van der Waals surface area (Å²) in [5, 5.41) is 0. The number of hydrogen-bond acceptors (Lipinski definition) is 1. The Morgan fingerprint density at radius 1 is 1.30 bits per heavy atom. The summed E-state index contributed by atoms with van der Waals surface area (Å²) < 4.78 is 26.8. The first-order chi connectivity index (χ1) is 9.63. The van der Waals surface area contributed by atoms with Crippen LogP contribution in [0, 0.1) is 11.6 Å². The van der Waals surface area contributed by atoms with Crippen molar-refractivity contribution in [3.63, 3.8) is 0 Å². The summed E-state index contributed by atoms with van der Waals surface area (Å²) in [6.45, 7) is 0.646. The van der Waals surface area contributed by atoms with E-state index in [4.69, 9.17) is 11.6 Å². The number of amides is 1. The summed E-state index contributed by atoms with van der Waals surface area (Å²) in [6.07, 6.45) is 3.82. The van der Waals surface area contributed by atoms with Crippen LogP contribution in [-0.4, -0.2) is 29.3 Å². The molecule has 1 atom stereocenters. The second-order valence-electron chi connectivity index (χ2n) is 5.13. The molecule has 0 N–H and O–H groups in total. The third-order valence-corrected chi connectivity index (χ3v) is 4.11. The number of benzene rings is 1. The van der Waals surface area contributed by atoms with Crippen LogP contribution in [0.25, 0.3) is 0 Å². The first kappa shape index (κ1) is 15.2. The highest BCUT2D eigenvalue weighted by molar-refractivity contribution is 6.18. The minimum Gasteiger partial charge on any atom is -0.338 e. The van der Waals surface area contributed by atoms with Crippen molar-refractivity contribution in [3.05, 3.63) is 35.4 Å². The zero-order valence-electron chi connectivity index (χ0n) is 11.2. The highest BCUT2D eigenvalue weighted by atomic mass is 35.5. The van der Waals surface area contributed by atoms with Gasteiger partial charge in [0.1, 0.15) is 0 Å². The summed E-state index contributed by atoms with van der Waals surface area (Å²) >= 11 is 5.92. The van der Waals surface area contributed by atoms with E-state index in [2.05, 4.69) is 0 Å². The normalized spacial score (nSPS) is 19.8. The molecule has 1 aromatic rings. The van der Waals surface area contributed by atoms with Crippen LogP contribution in [0.3, 0.4) is 0 Å².